The van der Waals surface area contributed by atoms with E-state index >= 15 is 0 Å². The van der Waals surface area contributed by atoms with Gasteiger partial charge in [0.15, 0.2) is 0 Å². The highest BCUT2D eigenvalue weighted by Gasteiger charge is 2.15. The van der Waals surface area contributed by atoms with Gasteiger partial charge in [-0.05, 0) is 25.5 Å². The minimum absolute atomic E-state index is 0.0165. The van der Waals surface area contributed by atoms with Gasteiger partial charge in [-0.2, -0.15) is 0 Å². The first kappa shape index (κ1) is 11.8. The third-order valence-corrected chi connectivity index (χ3v) is 2.41. The van der Waals surface area contributed by atoms with Crippen LogP contribution in [0.5, 0.6) is 0 Å². The molecule has 0 radical (unpaired) electrons. The number of nitro groups is 1. The largest absolute Gasteiger partial charge is 0.377 e. The summed E-state index contributed by atoms with van der Waals surface area (Å²) in [5.41, 5.74) is 0.529. The van der Waals surface area contributed by atoms with Crippen LogP contribution in [-0.2, 0) is 0 Å². The van der Waals surface area contributed by atoms with Crippen LogP contribution in [-0.4, -0.2) is 11.0 Å². The van der Waals surface area contributed by atoms with Gasteiger partial charge in [-0.3, -0.25) is 10.1 Å². The zero-order valence-corrected chi connectivity index (χ0v) is 9.41. The summed E-state index contributed by atoms with van der Waals surface area (Å²) in [6.45, 7) is 3.98. The SMILES string of the molecule is CC[C@@H](C)Nc1ccc(Cl)cc1[N+](=O)[O-]. The van der Waals surface area contributed by atoms with E-state index in [1.807, 2.05) is 13.8 Å². The van der Waals surface area contributed by atoms with Gasteiger partial charge in [-0.1, -0.05) is 18.5 Å². The van der Waals surface area contributed by atoms with E-state index in [0.29, 0.717) is 10.7 Å². The quantitative estimate of drug-likeness (QED) is 0.634. The summed E-state index contributed by atoms with van der Waals surface area (Å²) in [7, 11) is 0. The molecule has 0 aliphatic carbocycles. The molecule has 0 spiro atoms. The number of nitro benzene ring substituents is 1. The van der Waals surface area contributed by atoms with E-state index in [4.69, 9.17) is 11.6 Å². The normalized spacial score (nSPS) is 12.2. The molecule has 1 aromatic carbocycles. The Hall–Kier alpha value is -1.29. The van der Waals surface area contributed by atoms with E-state index in [9.17, 15) is 10.1 Å². The minimum atomic E-state index is -0.434. The molecule has 4 nitrogen and oxygen atoms in total. The molecule has 0 aliphatic heterocycles. The maximum atomic E-state index is 10.8. The van der Waals surface area contributed by atoms with Crippen molar-refractivity contribution in [3.63, 3.8) is 0 Å². The number of hydrogen-bond donors (Lipinski definition) is 1. The Balaban J connectivity index is 3.01. The monoisotopic (exact) mass is 228 g/mol. The van der Waals surface area contributed by atoms with Crippen molar-refractivity contribution >= 4 is 23.0 Å². The number of nitrogens with zero attached hydrogens (tertiary/aromatic N) is 1. The van der Waals surface area contributed by atoms with Gasteiger partial charge in [0.05, 0.1) is 4.92 Å². The molecule has 0 saturated heterocycles. The molecule has 1 N–H and O–H groups in total. The highest BCUT2D eigenvalue weighted by atomic mass is 35.5. The van der Waals surface area contributed by atoms with Crippen molar-refractivity contribution in [3.05, 3.63) is 33.3 Å². The molecule has 0 aliphatic rings. The van der Waals surface area contributed by atoms with Crippen LogP contribution >= 0.6 is 11.6 Å². The van der Waals surface area contributed by atoms with Crippen LogP contribution in [0.15, 0.2) is 18.2 Å². The second-order valence-electron chi connectivity index (χ2n) is 3.37. The molecule has 0 aromatic heterocycles. The Morgan fingerprint density at radius 3 is 2.80 bits per heavy atom. The Morgan fingerprint density at radius 1 is 1.60 bits per heavy atom. The van der Waals surface area contributed by atoms with Gasteiger partial charge in [0.1, 0.15) is 5.69 Å². The summed E-state index contributed by atoms with van der Waals surface area (Å²) < 4.78 is 0. The van der Waals surface area contributed by atoms with Crippen molar-refractivity contribution in [2.45, 2.75) is 26.3 Å². The van der Waals surface area contributed by atoms with Gasteiger partial charge < -0.3 is 5.32 Å². The minimum Gasteiger partial charge on any atom is -0.377 e. The Morgan fingerprint density at radius 2 is 2.27 bits per heavy atom. The molecule has 0 saturated carbocycles. The van der Waals surface area contributed by atoms with Crippen molar-refractivity contribution in [1.82, 2.24) is 0 Å². The van der Waals surface area contributed by atoms with E-state index in [-0.39, 0.29) is 11.7 Å². The molecule has 0 fully saturated rings. The van der Waals surface area contributed by atoms with Crippen LogP contribution in [0.2, 0.25) is 5.02 Å². The maximum Gasteiger partial charge on any atom is 0.293 e. The molecule has 82 valence electrons. The third-order valence-electron chi connectivity index (χ3n) is 2.17. The molecule has 0 amide bonds. The third kappa shape index (κ3) is 3.09. The number of benzene rings is 1. The van der Waals surface area contributed by atoms with Crippen LogP contribution in [0.1, 0.15) is 20.3 Å². The first-order valence-corrected chi connectivity index (χ1v) is 5.13. The van der Waals surface area contributed by atoms with Crippen molar-refractivity contribution in [2.75, 3.05) is 5.32 Å². The Kier molecular flexibility index (Phi) is 3.91. The van der Waals surface area contributed by atoms with Crippen LogP contribution in [0.4, 0.5) is 11.4 Å². The molecule has 1 aromatic rings. The predicted molar refractivity (Wildman–Crippen MR) is 61.5 cm³/mol. The molecular formula is C10H13ClN2O2. The fourth-order valence-corrected chi connectivity index (χ4v) is 1.31. The molecule has 1 rings (SSSR count). The summed E-state index contributed by atoms with van der Waals surface area (Å²) in [6, 6.07) is 4.82. The highest BCUT2D eigenvalue weighted by molar-refractivity contribution is 6.30. The molecule has 5 heteroatoms. The second-order valence-corrected chi connectivity index (χ2v) is 3.81. The first-order chi connectivity index (χ1) is 7.04. The van der Waals surface area contributed by atoms with Gasteiger partial charge in [0.25, 0.3) is 5.69 Å². The Bertz CT molecular complexity index is 368. The van der Waals surface area contributed by atoms with Crippen molar-refractivity contribution in [3.8, 4) is 0 Å². The van der Waals surface area contributed by atoms with Crippen LogP contribution in [0.3, 0.4) is 0 Å². The lowest BCUT2D eigenvalue weighted by atomic mass is 10.2. The molecule has 0 bridgehead atoms. The maximum absolute atomic E-state index is 10.8. The van der Waals surface area contributed by atoms with Gasteiger partial charge in [-0.25, -0.2) is 0 Å². The number of anilines is 1. The molecule has 0 unspecified atom stereocenters. The zero-order chi connectivity index (χ0) is 11.4. The average molecular weight is 229 g/mol. The molecule has 1 atom stereocenters. The number of nitrogens with one attached hydrogen (secondary N) is 1. The van der Waals surface area contributed by atoms with Crippen LogP contribution in [0.25, 0.3) is 0 Å². The smallest absolute Gasteiger partial charge is 0.293 e. The highest BCUT2D eigenvalue weighted by Crippen LogP contribution is 2.28. The Labute approximate surface area is 93.4 Å². The average Bonchev–Trinajstić information content (AvgIpc) is 2.20. The lowest BCUT2D eigenvalue weighted by molar-refractivity contribution is -0.384. The van der Waals surface area contributed by atoms with Crippen molar-refractivity contribution in [1.29, 1.82) is 0 Å². The summed E-state index contributed by atoms with van der Waals surface area (Å²) in [5.74, 6) is 0. The summed E-state index contributed by atoms with van der Waals surface area (Å²) in [6.07, 6.45) is 0.903. The summed E-state index contributed by atoms with van der Waals surface area (Å²) in [4.78, 5) is 10.3. The van der Waals surface area contributed by atoms with Crippen molar-refractivity contribution < 1.29 is 4.92 Å². The lowest BCUT2D eigenvalue weighted by Crippen LogP contribution is -2.14. The number of halogens is 1. The summed E-state index contributed by atoms with van der Waals surface area (Å²) >= 11 is 5.70. The van der Waals surface area contributed by atoms with E-state index in [0.717, 1.165) is 6.42 Å². The standard InChI is InChI=1S/C10H13ClN2O2/c1-3-7(2)12-9-5-4-8(11)6-10(9)13(14)15/h4-7,12H,3H2,1-2H3/t7-/m1/s1. The van der Waals surface area contributed by atoms with Gasteiger partial charge in [0, 0.05) is 17.1 Å². The molecule has 0 heterocycles. The number of hydrogen-bond acceptors (Lipinski definition) is 3. The second kappa shape index (κ2) is 4.98. The van der Waals surface area contributed by atoms with Crippen LogP contribution < -0.4 is 5.32 Å². The summed E-state index contributed by atoms with van der Waals surface area (Å²) in [5, 5.41) is 14.2. The van der Waals surface area contributed by atoms with Gasteiger partial charge in [-0.15, -0.1) is 0 Å². The fourth-order valence-electron chi connectivity index (χ4n) is 1.15. The fraction of sp³-hybridized carbons (Fsp3) is 0.400. The van der Waals surface area contributed by atoms with E-state index in [2.05, 4.69) is 5.32 Å². The lowest BCUT2D eigenvalue weighted by Gasteiger charge is -2.12. The molecular weight excluding hydrogens is 216 g/mol. The van der Waals surface area contributed by atoms with Crippen LogP contribution in [0, 0.1) is 10.1 Å². The first-order valence-electron chi connectivity index (χ1n) is 4.75. The topological polar surface area (TPSA) is 55.2 Å². The van der Waals surface area contributed by atoms with E-state index in [1.165, 1.54) is 6.07 Å². The molecule has 15 heavy (non-hydrogen) atoms. The predicted octanol–water partition coefficient (Wildman–Crippen LogP) is 3.46. The van der Waals surface area contributed by atoms with Crippen molar-refractivity contribution in [2.24, 2.45) is 0 Å². The van der Waals surface area contributed by atoms with Gasteiger partial charge in [0.2, 0.25) is 0 Å². The number of rotatable bonds is 4. The van der Waals surface area contributed by atoms with E-state index in [1.54, 1.807) is 12.1 Å². The zero-order valence-electron chi connectivity index (χ0n) is 8.66. The van der Waals surface area contributed by atoms with E-state index < -0.39 is 4.92 Å². The van der Waals surface area contributed by atoms with Gasteiger partial charge >= 0.3 is 0 Å².